The summed E-state index contributed by atoms with van der Waals surface area (Å²) < 4.78 is 15.0. The van der Waals surface area contributed by atoms with Gasteiger partial charge in [0.1, 0.15) is 11.0 Å². The Balaban J connectivity index is 0.000000357. The van der Waals surface area contributed by atoms with Gasteiger partial charge in [-0.25, -0.2) is 8.93 Å². The molecule has 0 spiro atoms. The number of aliphatic hydroxyl groups is 1. The summed E-state index contributed by atoms with van der Waals surface area (Å²) >= 11 is 5.80. The lowest BCUT2D eigenvalue weighted by Crippen LogP contribution is -2.30. The van der Waals surface area contributed by atoms with E-state index in [-0.39, 0.29) is 12.5 Å². The Morgan fingerprint density at radius 3 is 2.18 bits per heavy atom. The van der Waals surface area contributed by atoms with E-state index in [1.54, 1.807) is 55.5 Å². The van der Waals surface area contributed by atoms with Crippen LogP contribution in [-0.2, 0) is 24.0 Å². The van der Waals surface area contributed by atoms with Crippen LogP contribution in [0.15, 0.2) is 83.8 Å². The van der Waals surface area contributed by atoms with Crippen LogP contribution in [0.2, 0.25) is 5.02 Å². The number of rotatable bonds is 9. The van der Waals surface area contributed by atoms with Gasteiger partial charge in [-0.3, -0.25) is 4.79 Å². The predicted molar refractivity (Wildman–Crippen MR) is 136 cm³/mol. The molecule has 3 rings (SSSR count). The lowest BCUT2D eigenvalue weighted by atomic mass is 10.1. The molecule has 0 radical (unpaired) electrons. The van der Waals surface area contributed by atoms with Crippen LogP contribution in [0.3, 0.4) is 0 Å². The van der Waals surface area contributed by atoms with Crippen LogP contribution < -0.4 is 10.0 Å². The number of aryl methyl sites for hydroxylation is 1. The molecule has 3 N–H and O–H groups in total. The zero-order valence-electron chi connectivity index (χ0n) is 19.0. The number of benzene rings is 3. The zero-order valence-corrected chi connectivity index (χ0v) is 20.5. The van der Waals surface area contributed by atoms with Crippen LogP contribution in [0.25, 0.3) is 0 Å². The van der Waals surface area contributed by atoms with E-state index in [1.165, 1.54) is 18.4 Å². The molecule has 2 unspecified atom stereocenters. The molecule has 0 fully saturated rings. The smallest absolute Gasteiger partial charge is 0.251 e. The third kappa shape index (κ3) is 10.3. The van der Waals surface area contributed by atoms with Gasteiger partial charge in [-0.1, -0.05) is 67.4 Å². The summed E-state index contributed by atoms with van der Waals surface area (Å²) in [4.78, 5) is 12.5. The Morgan fingerprint density at radius 1 is 0.970 bits per heavy atom. The number of halogens is 1. The minimum Gasteiger partial charge on any atom is -0.392 e. The van der Waals surface area contributed by atoms with Crippen molar-refractivity contribution in [1.82, 2.24) is 10.0 Å². The number of aliphatic hydroxyl groups excluding tert-OH is 1. The molecule has 0 aromatic heterocycles. The van der Waals surface area contributed by atoms with Crippen molar-refractivity contribution in [2.24, 2.45) is 0 Å². The molecule has 0 saturated carbocycles. The molecule has 0 heterocycles. The van der Waals surface area contributed by atoms with Crippen molar-refractivity contribution < 1.29 is 14.1 Å². The van der Waals surface area contributed by atoms with Gasteiger partial charge < -0.3 is 10.4 Å². The van der Waals surface area contributed by atoms with E-state index in [9.17, 15) is 9.00 Å². The van der Waals surface area contributed by atoms with Gasteiger partial charge in [0.2, 0.25) is 0 Å². The minimum absolute atomic E-state index is 0.211. The van der Waals surface area contributed by atoms with Crippen molar-refractivity contribution in [1.29, 1.82) is 0 Å². The highest BCUT2D eigenvalue weighted by molar-refractivity contribution is 7.83. The summed E-state index contributed by atoms with van der Waals surface area (Å²) in [6.45, 7) is 4.43. The van der Waals surface area contributed by atoms with Crippen molar-refractivity contribution >= 4 is 28.5 Å². The van der Waals surface area contributed by atoms with E-state index in [0.717, 1.165) is 5.56 Å². The number of amides is 1. The summed E-state index contributed by atoms with van der Waals surface area (Å²) in [6.07, 6.45) is 1.87. The fraction of sp³-hybridized carbons (Fsp3) is 0.269. The molecule has 0 aliphatic carbocycles. The molecule has 0 aliphatic heterocycles. The van der Waals surface area contributed by atoms with Gasteiger partial charge in [0.05, 0.1) is 11.0 Å². The summed E-state index contributed by atoms with van der Waals surface area (Å²) in [5.74, 6) is -0.236. The van der Waals surface area contributed by atoms with Crippen molar-refractivity contribution in [2.75, 3.05) is 6.54 Å². The highest BCUT2D eigenvalue weighted by atomic mass is 35.5. The van der Waals surface area contributed by atoms with Gasteiger partial charge in [0, 0.05) is 23.7 Å². The third-order valence-electron chi connectivity index (χ3n) is 4.59. The maximum atomic E-state index is 12.1. The highest BCUT2D eigenvalue weighted by Gasteiger charge is 2.07. The van der Waals surface area contributed by atoms with Crippen LogP contribution >= 0.6 is 11.6 Å². The van der Waals surface area contributed by atoms with Gasteiger partial charge in [0.15, 0.2) is 0 Å². The first-order chi connectivity index (χ1) is 15.9. The molecule has 0 saturated heterocycles. The van der Waals surface area contributed by atoms with E-state index < -0.39 is 17.1 Å². The molecule has 176 valence electrons. The van der Waals surface area contributed by atoms with Gasteiger partial charge in [-0.05, 0) is 60.9 Å². The van der Waals surface area contributed by atoms with Crippen LogP contribution in [0.1, 0.15) is 41.8 Å². The SMILES string of the molecule is CC(O)CNC(=O)c1ccc(CNS(=O)c2ccc(Cl)cc2)cc1.CCCc1ccccc1. The second kappa shape index (κ2) is 14.6. The predicted octanol–water partition coefficient (Wildman–Crippen LogP) is 4.90. The largest absolute Gasteiger partial charge is 0.392 e. The quantitative estimate of drug-likeness (QED) is 0.402. The van der Waals surface area contributed by atoms with Gasteiger partial charge in [0.25, 0.3) is 5.91 Å². The third-order valence-corrected chi connectivity index (χ3v) is 5.95. The maximum absolute atomic E-state index is 12.1. The zero-order chi connectivity index (χ0) is 24.1. The monoisotopic (exact) mass is 486 g/mol. The Morgan fingerprint density at radius 2 is 1.61 bits per heavy atom. The summed E-state index contributed by atoms with van der Waals surface area (Å²) in [6, 6.07) is 24.4. The van der Waals surface area contributed by atoms with Crippen LogP contribution in [0.5, 0.6) is 0 Å². The van der Waals surface area contributed by atoms with E-state index >= 15 is 0 Å². The minimum atomic E-state index is -1.33. The maximum Gasteiger partial charge on any atom is 0.251 e. The Kier molecular flexibility index (Phi) is 11.8. The molecule has 3 aromatic rings. The molecule has 2 atom stereocenters. The van der Waals surface area contributed by atoms with Gasteiger partial charge >= 0.3 is 0 Å². The second-order valence-electron chi connectivity index (χ2n) is 7.54. The summed E-state index contributed by atoms with van der Waals surface area (Å²) in [7, 11) is -1.33. The second-order valence-corrected chi connectivity index (χ2v) is 9.27. The van der Waals surface area contributed by atoms with Crippen LogP contribution in [0, 0.1) is 0 Å². The summed E-state index contributed by atoms with van der Waals surface area (Å²) in [5, 5.41) is 12.4. The van der Waals surface area contributed by atoms with E-state index in [4.69, 9.17) is 16.7 Å². The van der Waals surface area contributed by atoms with E-state index in [0.29, 0.717) is 22.0 Å². The van der Waals surface area contributed by atoms with Crippen molar-refractivity contribution in [3.8, 4) is 0 Å². The first-order valence-electron chi connectivity index (χ1n) is 10.9. The molecular weight excluding hydrogens is 456 g/mol. The van der Waals surface area contributed by atoms with E-state index in [1.807, 2.05) is 0 Å². The number of hydrogen-bond acceptors (Lipinski definition) is 3. The Hall–Kier alpha value is -2.51. The Labute approximate surface area is 203 Å². The average Bonchev–Trinajstić information content (AvgIpc) is 2.83. The molecule has 3 aromatic carbocycles. The molecule has 33 heavy (non-hydrogen) atoms. The van der Waals surface area contributed by atoms with Crippen molar-refractivity contribution in [3.63, 3.8) is 0 Å². The number of carbonyl (C=O) groups excluding carboxylic acids is 1. The lowest BCUT2D eigenvalue weighted by Gasteiger charge is -2.08. The molecule has 0 bridgehead atoms. The highest BCUT2D eigenvalue weighted by Crippen LogP contribution is 2.12. The van der Waals surface area contributed by atoms with Gasteiger partial charge in [-0.15, -0.1) is 0 Å². The van der Waals surface area contributed by atoms with E-state index in [2.05, 4.69) is 47.3 Å². The molecule has 7 heteroatoms. The molecule has 0 aliphatic rings. The molecule has 1 amide bonds. The fourth-order valence-electron chi connectivity index (χ4n) is 2.84. The first-order valence-corrected chi connectivity index (χ1v) is 12.4. The normalized spacial score (nSPS) is 12.2. The van der Waals surface area contributed by atoms with Crippen molar-refractivity contribution in [2.45, 2.75) is 44.2 Å². The fourth-order valence-corrected chi connectivity index (χ4v) is 3.81. The Bertz CT molecular complexity index is 994. The summed E-state index contributed by atoms with van der Waals surface area (Å²) in [5.41, 5.74) is 2.86. The van der Waals surface area contributed by atoms with Gasteiger partial charge in [-0.2, -0.15) is 0 Å². The van der Waals surface area contributed by atoms with Crippen molar-refractivity contribution in [3.05, 3.63) is 101 Å². The standard InChI is InChI=1S/C17H19ClN2O3S.C9H12/c1-12(21)10-19-17(22)14-4-2-13(3-5-14)11-20-24(23)16-8-6-15(18)7-9-16;1-2-6-9-7-4-3-5-8-9/h2-9,12,20-21H,10-11H2,1H3,(H,19,22);3-5,7-8H,2,6H2,1H3. The van der Waals surface area contributed by atoms with Crippen LogP contribution in [-0.4, -0.2) is 27.9 Å². The topological polar surface area (TPSA) is 78.4 Å². The molecule has 5 nitrogen and oxygen atoms in total. The first kappa shape index (κ1) is 26.7. The number of carbonyl (C=O) groups is 1. The number of nitrogens with one attached hydrogen (secondary N) is 2. The van der Waals surface area contributed by atoms with Crippen LogP contribution in [0.4, 0.5) is 0 Å². The number of hydrogen-bond donors (Lipinski definition) is 3. The average molecular weight is 487 g/mol. The molecular formula is C26H31ClN2O3S. The lowest BCUT2D eigenvalue weighted by molar-refractivity contribution is 0.0924.